The van der Waals surface area contributed by atoms with Crippen molar-refractivity contribution in [1.82, 2.24) is 14.7 Å². The molecule has 3 aliphatic heterocycles. The molecule has 58 heavy (non-hydrogen) atoms. The topological polar surface area (TPSA) is 149 Å². The molecule has 1 fully saturated rings. The summed E-state index contributed by atoms with van der Waals surface area (Å²) in [5, 5.41) is 35.1. The highest BCUT2D eigenvalue weighted by Gasteiger charge is 2.64. The summed E-state index contributed by atoms with van der Waals surface area (Å²) < 4.78 is 19.9. The van der Waals surface area contributed by atoms with E-state index >= 15 is 0 Å². The highest BCUT2D eigenvalue weighted by Crippen LogP contribution is 2.63. The zero-order valence-corrected chi connectivity index (χ0v) is 34.3. The summed E-state index contributed by atoms with van der Waals surface area (Å²) in [6.45, 7) is 14.5. The van der Waals surface area contributed by atoms with Crippen LogP contribution in [0.5, 0.6) is 11.5 Å². The number of likely N-dealkylation sites (tertiary alicyclic amines) is 1. The van der Waals surface area contributed by atoms with E-state index in [1.807, 2.05) is 51.1 Å². The second-order valence-corrected chi connectivity index (χ2v) is 18.1. The fraction of sp³-hybridized carbons (Fsp3) is 0.457. The Morgan fingerprint density at radius 3 is 2.59 bits per heavy atom. The number of phenols is 1. The van der Waals surface area contributed by atoms with Crippen LogP contribution in [0.3, 0.4) is 0 Å². The second kappa shape index (κ2) is 13.3. The first-order valence-electron chi connectivity index (χ1n) is 20.3. The summed E-state index contributed by atoms with van der Waals surface area (Å²) in [7, 11) is 2.17. The number of nitrogens with zero attached hydrogens (tertiary/aromatic N) is 4. The summed E-state index contributed by atoms with van der Waals surface area (Å²) in [4.78, 5) is 28.9. The van der Waals surface area contributed by atoms with Crippen LogP contribution in [-0.4, -0.2) is 81.7 Å². The van der Waals surface area contributed by atoms with E-state index in [9.17, 15) is 25.1 Å². The first kappa shape index (κ1) is 38.0. The third kappa shape index (κ3) is 5.68. The number of hydrogen-bond acceptors (Lipinski definition) is 10. The molecule has 4 aromatic rings. The smallest absolute Gasteiger partial charge is 0.426 e. The van der Waals surface area contributed by atoms with Crippen molar-refractivity contribution in [3.8, 4) is 28.7 Å². The van der Waals surface area contributed by atoms with E-state index in [2.05, 4.69) is 53.1 Å². The summed E-state index contributed by atoms with van der Waals surface area (Å²) >= 11 is 0. The van der Waals surface area contributed by atoms with Crippen LogP contribution in [0, 0.1) is 24.2 Å². The Labute approximate surface area is 338 Å². The van der Waals surface area contributed by atoms with Crippen molar-refractivity contribution in [3.05, 3.63) is 93.3 Å². The van der Waals surface area contributed by atoms with Gasteiger partial charge < -0.3 is 33.7 Å². The average molecular weight is 786 g/mol. The predicted molar refractivity (Wildman–Crippen MR) is 218 cm³/mol. The largest absolute Gasteiger partial charge is 0.504 e. The summed E-state index contributed by atoms with van der Waals surface area (Å²) in [5.74, 6) is -0.0366. The molecule has 2 bridgehead atoms. The van der Waals surface area contributed by atoms with Crippen molar-refractivity contribution in [2.24, 2.45) is 5.92 Å². The highest BCUT2D eigenvalue weighted by molar-refractivity contribution is 5.94. The normalized spacial score (nSPS) is 24.6. The zero-order chi connectivity index (χ0) is 41.2. The monoisotopic (exact) mass is 785 g/mol. The standard InChI is InChI=1S/C46H51N5O7/c1-23(2)56-43(54)32-18-30-17-29(27-15-26-11-13-51(40(26)28(16-27)21-47)48-44(55)58-45(5,6)7)22-50(30)39(25(32)4)24(3)31-20-37(53)41-38-33(31)19-35-34-9-10-36(52)42(57-41)46(34,38)12-14-49(35)8/h9-10,15-18,20,22-24,34-36,42,52-53H,11-14,19H2,1-8H3,(H,48,55)/t24?,34-,35+,36-,42-,46-/m0/s1. The quantitative estimate of drug-likeness (QED) is 0.141. The van der Waals surface area contributed by atoms with Gasteiger partial charge in [-0.25, -0.2) is 15.0 Å². The molecular weight excluding hydrogens is 735 g/mol. The minimum Gasteiger partial charge on any atom is -0.504 e. The van der Waals surface area contributed by atoms with Crippen LogP contribution < -0.4 is 15.2 Å². The predicted octanol–water partition coefficient (Wildman–Crippen LogP) is 6.82. The number of likely N-dealkylation sites (N-methyl/N-ethyl adjacent to an activating group) is 1. The molecule has 12 heteroatoms. The third-order valence-electron chi connectivity index (χ3n) is 13.1. The van der Waals surface area contributed by atoms with Gasteiger partial charge in [0.2, 0.25) is 0 Å². The van der Waals surface area contributed by atoms with E-state index < -0.39 is 35.3 Å². The number of carbonyl (C=O) groups excluding carboxylic acids is 2. The van der Waals surface area contributed by atoms with Crippen LogP contribution in [0.25, 0.3) is 16.6 Å². The van der Waals surface area contributed by atoms with Gasteiger partial charge in [-0.2, -0.15) is 5.26 Å². The van der Waals surface area contributed by atoms with Crippen molar-refractivity contribution in [1.29, 1.82) is 5.26 Å². The molecule has 5 heterocycles. The van der Waals surface area contributed by atoms with Gasteiger partial charge in [0, 0.05) is 58.4 Å². The van der Waals surface area contributed by atoms with Crippen LogP contribution >= 0.6 is 0 Å². The first-order valence-corrected chi connectivity index (χ1v) is 20.3. The van der Waals surface area contributed by atoms with Crippen LogP contribution in [0.2, 0.25) is 0 Å². The number of ether oxygens (including phenoxy) is 3. The molecular formula is C46H51N5O7. The van der Waals surface area contributed by atoms with Gasteiger partial charge in [0.15, 0.2) is 11.5 Å². The Kier molecular flexibility index (Phi) is 8.70. The summed E-state index contributed by atoms with van der Waals surface area (Å²) in [6, 6.07) is 12.2. The molecule has 2 aromatic carbocycles. The van der Waals surface area contributed by atoms with E-state index in [1.165, 1.54) is 0 Å². The third-order valence-corrected chi connectivity index (χ3v) is 13.1. The van der Waals surface area contributed by atoms with Gasteiger partial charge in [-0.05, 0) is 133 Å². The maximum atomic E-state index is 13.8. The van der Waals surface area contributed by atoms with E-state index in [1.54, 1.807) is 25.8 Å². The zero-order valence-electron chi connectivity index (χ0n) is 34.3. The Balaban J connectivity index is 1.18. The number of anilines is 1. The van der Waals surface area contributed by atoms with Crippen molar-refractivity contribution < 1.29 is 34.0 Å². The SMILES string of the molecule is Cc1c(C(=O)OC(C)C)cc2cc(-c3cc(C#N)c4c(c3)CCN4NC(=O)OC(C)(C)C)cn2c1C(C)c1cc(O)c2c3c1C[C@@H]1[C@@H]4C=C[C@H](O)[C@H](O2)[C@]34CCN1C. The molecule has 6 atom stereocenters. The molecule has 2 aromatic heterocycles. The molecule has 1 saturated heterocycles. The minimum atomic E-state index is -0.784. The maximum Gasteiger partial charge on any atom is 0.426 e. The number of piperidine rings is 1. The number of pyridine rings is 1. The number of rotatable bonds is 6. The number of aromatic nitrogens is 1. The Morgan fingerprint density at radius 1 is 1.09 bits per heavy atom. The molecule has 5 aliphatic rings. The lowest BCUT2D eigenvalue weighted by molar-refractivity contribution is -0.0454. The number of phenolic OH excluding ortho intramolecular Hbond substituents is 1. The van der Waals surface area contributed by atoms with Gasteiger partial charge in [0.1, 0.15) is 23.9 Å². The molecule has 3 N–H and O–H groups in total. The highest BCUT2D eigenvalue weighted by atomic mass is 16.6. The number of aliphatic hydroxyl groups is 1. The fourth-order valence-corrected chi connectivity index (χ4v) is 10.8. The van der Waals surface area contributed by atoms with Gasteiger partial charge in [0.25, 0.3) is 0 Å². The molecule has 302 valence electrons. The van der Waals surface area contributed by atoms with Crippen LogP contribution in [0.4, 0.5) is 10.5 Å². The summed E-state index contributed by atoms with van der Waals surface area (Å²) in [5.41, 5.74) is 11.4. The van der Waals surface area contributed by atoms with Crippen molar-refractivity contribution in [3.63, 3.8) is 0 Å². The number of hydrazine groups is 1. The average Bonchev–Trinajstić information content (AvgIpc) is 3.86. The number of fused-ring (bicyclic) bond motifs is 2. The van der Waals surface area contributed by atoms with E-state index in [-0.39, 0.29) is 29.7 Å². The molecule has 12 nitrogen and oxygen atoms in total. The number of carbonyl (C=O) groups is 2. The second-order valence-electron chi connectivity index (χ2n) is 18.1. The van der Waals surface area contributed by atoms with E-state index in [0.29, 0.717) is 35.5 Å². The van der Waals surface area contributed by atoms with Crippen LogP contribution in [0.1, 0.15) is 103 Å². The van der Waals surface area contributed by atoms with Gasteiger partial charge in [0.05, 0.1) is 22.9 Å². The first-order chi connectivity index (χ1) is 27.5. The van der Waals surface area contributed by atoms with Gasteiger partial charge in [-0.15, -0.1) is 0 Å². The number of esters is 1. The number of aromatic hydroxyl groups is 1. The summed E-state index contributed by atoms with van der Waals surface area (Å²) in [6.07, 6.45) is 6.08. The van der Waals surface area contributed by atoms with Gasteiger partial charge in [-0.3, -0.25) is 5.01 Å². The molecule has 0 radical (unpaired) electrons. The molecule has 1 spiro atoms. The number of hydrogen-bond donors (Lipinski definition) is 3. The lowest BCUT2D eigenvalue weighted by atomic mass is 9.52. The molecule has 1 amide bonds. The van der Waals surface area contributed by atoms with Crippen molar-refractivity contribution in [2.45, 2.75) is 109 Å². The number of aliphatic hydroxyl groups excluding tert-OH is 1. The Morgan fingerprint density at radius 2 is 1.86 bits per heavy atom. The lowest BCUT2D eigenvalue weighted by Gasteiger charge is -2.56. The maximum absolute atomic E-state index is 13.8. The lowest BCUT2D eigenvalue weighted by Crippen LogP contribution is -2.64. The van der Waals surface area contributed by atoms with E-state index in [0.717, 1.165) is 69.5 Å². The van der Waals surface area contributed by atoms with E-state index in [4.69, 9.17) is 14.2 Å². The molecule has 0 saturated carbocycles. The number of nitriles is 1. The minimum absolute atomic E-state index is 0.0579. The number of benzene rings is 2. The molecule has 9 rings (SSSR count). The van der Waals surface area contributed by atoms with Gasteiger partial charge >= 0.3 is 12.1 Å². The van der Waals surface area contributed by atoms with Crippen molar-refractivity contribution >= 4 is 23.3 Å². The van der Waals surface area contributed by atoms with Gasteiger partial charge in [-0.1, -0.05) is 19.1 Å². The van der Waals surface area contributed by atoms with Crippen LogP contribution in [0.15, 0.2) is 48.7 Å². The Bertz CT molecular complexity index is 2490. The van der Waals surface area contributed by atoms with Crippen LogP contribution in [-0.2, 0) is 27.7 Å². The number of nitrogens with one attached hydrogen (secondary N) is 1. The van der Waals surface area contributed by atoms with Crippen molar-refractivity contribution in [2.75, 3.05) is 25.1 Å². The molecule has 2 aliphatic carbocycles. The fourth-order valence-electron chi connectivity index (χ4n) is 10.8. The molecule has 1 unspecified atom stereocenters. The number of amides is 1. The Hall–Kier alpha value is -5.51.